The van der Waals surface area contributed by atoms with Crippen molar-refractivity contribution in [3.63, 3.8) is 0 Å². The topological polar surface area (TPSA) is 69.4 Å². The molecule has 0 bridgehead atoms. The summed E-state index contributed by atoms with van der Waals surface area (Å²) >= 11 is 0. The van der Waals surface area contributed by atoms with Gasteiger partial charge in [-0.2, -0.15) is 0 Å². The van der Waals surface area contributed by atoms with Gasteiger partial charge in [0.1, 0.15) is 6.04 Å². The molecule has 0 fully saturated rings. The van der Waals surface area contributed by atoms with Crippen LogP contribution in [0.15, 0.2) is 42.5 Å². The number of esters is 1. The average Bonchev–Trinajstić information content (AvgIpc) is 2.81. The number of hydrogen-bond donors (Lipinski definition) is 1. The number of nitrogens with two attached hydrogens (primary N) is 1. The molecule has 2 N–H and O–H groups in total. The molecule has 22 heavy (non-hydrogen) atoms. The van der Waals surface area contributed by atoms with E-state index in [1.165, 1.54) is 0 Å². The van der Waals surface area contributed by atoms with Crippen LogP contribution in [-0.2, 0) is 16.0 Å². The lowest BCUT2D eigenvalue weighted by atomic mass is 9.99. The van der Waals surface area contributed by atoms with Crippen LogP contribution in [0.4, 0.5) is 0 Å². The lowest BCUT2D eigenvalue weighted by molar-refractivity contribution is -0.144. The van der Waals surface area contributed by atoms with Crippen molar-refractivity contribution in [1.29, 1.82) is 0 Å². The fraction of sp³-hybridized carbons (Fsp3) is 0.222. The molecule has 3 rings (SSSR count). The third-order valence-electron chi connectivity index (χ3n) is 3.84. The Labute approximate surface area is 128 Å². The van der Waals surface area contributed by atoms with Gasteiger partial charge in [0.05, 0.1) is 6.61 Å². The van der Waals surface area contributed by atoms with E-state index in [4.69, 9.17) is 10.5 Å². The maximum absolute atomic E-state index is 12.4. The van der Waals surface area contributed by atoms with Gasteiger partial charge in [-0.15, -0.1) is 0 Å². The van der Waals surface area contributed by atoms with Gasteiger partial charge in [0, 0.05) is 11.1 Å². The van der Waals surface area contributed by atoms with Crippen molar-refractivity contribution in [1.82, 2.24) is 0 Å². The highest BCUT2D eigenvalue weighted by atomic mass is 16.5. The summed E-state index contributed by atoms with van der Waals surface area (Å²) < 4.78 is 4.91. The molecule has 1 atom stereocenters. The Morgan fingerprint density at radius 3 is 2.50 bits per heavy atom. The molecule has 0 amide bonds. The van der Waals surface area contributed by atoms with Crippen LogP contribution in [0, 0.1) is 0 Å². The van der Waals surface area contributed by atoms with E-state index in [0.717, 1.165) is 22.3 Å². The van der Waals surface area contributed by atoms with E-state index in [-0.39, 0.29) is 5.78 Å². The SMILES string of the molecule is CCOC(=O)C(N)Cc1ccc2c(c1)C(=O)c1ccccc1-2. The Morgan fingerprint density at radius 1 is 1.09 bits per heavy atom. The summed E-state index contributed by atoms with van der Waals surface area (Å²) in [6.07, 6.45) is 0.357. The fourth-order valence-corrected chi connectivity index (χ4v) is 2.79. The second-order valence-corrected chi connectivity index (χ2v) is 5.32. The van der Waals surface area contributed by atoms with Crippen LogP contribution < -0.4 is 5.73 Å². The Kier molecular flexibility index (Phi) is 3.77. The standard InChI is InChI=1S/C18H17NO3/c1-2-22-18(21)16(19)10-11-7-8-13-12-5-3-4-6-14(12)17(20)15(13)9-11/h3-9,16H,2,10,19H2,1H3. The Balaban J connectivity index is 1.87. The molecule has 2 aromatic carbocycles. The summed E-state index contributed by atoms with van der Waals surface area (Å²) in [5, 5.41) is 0. The van der Waals surface area contributed by atoms with Crippen LogP contribution in [0.1, 0.15) is 28.4 Å². The molecule has 112 valence electrons. The number of rotatable bonds is 4. The third kappa shape index (κ3) is 2.42. The van der Waals surface area contributed by atoms with E-state index in [9.17, 15) is 9.59 Å². The van der Waals surface area contributed by atoms with Gasteiger partial charge in [-0.25, -0.2) is 0 Å². The monoisotopic (exact) mass is 295 g/mol. The summed E-state index contributed by atoms with van der Waals surface area (Å²) in [5.74, 6) is -0.394. The maximum Gasteiger partial charge on any atom is 0.323 e. The fourth-order valence-electron chi connectivity index (χ4n) is 2.79. The largest absolute Gasteiger partial charge is 0.465 e. The van der Waals surface area contributed by atoms with E-state index in [1.54, 1.807) is 6.92 Å². The van der Waals surface area contributed by atoms with Gasteiger partial charge >= 0.3 is 5.97 Å². The van der Waals surface area contributed by atoms with Crippen molar-refractivity contribution in [2.24, 2.45) is 5.73 Å². The summed E-state index contributed by atoms with van der Waals surface area (Å²) in [4.78, 5) is 24.0. The molecule has 4 heteroatoms. The van der Waals surface area contributed by atoms with E-state index < -0.39 is 12.0 Å². The first-order valence-corrected chi connectivity index (χ1v) is 7.31. The molecule has 1 unspecified atom stereocenters. The molecular formula is C18H17NO3. The number of ketones is 1. The molecule has 4 nitrogen and oxygen atoms in total. The third-order valence-corrected chi connectivity index (χ3v) is 3.84. The van der Waals surface area contributed by atoms with E-state index in [2.05, 4.69) is 0 Å². The highest BCUT2D eigenvalue weighted by Crippen LogP contribution is 2.36. The van der Waals surface area contributed by atoms with Crippen molar-refractivity contribution in [3.8, 4) is 11.1 Å². The van der Waals surface area contributed by atoms with Gasteiger partial charge < -0.3 is 10.5 Å². The summed E-state index contributed by atoms with van der Waals surface area (Å²) in [6, 6.07) is 12.5. The number of ether oxygens (including phenoxy) is 1. The van der Waals surface area contributed by atoms with E-state index in [1.807, 2.05) is 42.5 Å². The minimum absolute atomic E-state index is 0.0251. The normalized spacial score (nSPS) is 13.5. The maximum atomic E-state index is 12.4. The van der Waals surface area contributed by atoms with Gasteiger partial charge in [0.25, 0.3) is 0 Å². The molecule has 1 aliphatic carbocycles. The van der Waals surface area contributed by atoms with Crippen molar-refractivity contribution >= 4 is 11.8 Å². The van der Waals surface area contributed by atoms with Crippen LogP contribution in [0.5, 0.6) is 0 Å². The molecule has 0 aromatic heterocycles. The minimum Gasteiger partial charge on any atom is -0.465 e. The van der Waals surface area contributed by atoms with Crippen LogP contribution in [0.25, 0.3) is 11.1 Å². The molecule has 0 spiro atoms. The predicted octanol–water partition coefficient (Wildman–Crippen LogP) is 2.33. The second kappa shape index (κ2) is 5.73. The van der Waals surface area contributed by atoms with E-state index >= 15 is 0 Å². The van der Waals surface area contributed by atoms with Crippen LogP contribution in [0.2, 0.25) is 0 Å². The molecular weight excluding hydrogens is 278 g/mol. The van der Waals surface area contributed by atoms with Crippen LogP contribution in [0.3, 0.4) is 0 Å². The number of benzene rings is 2. The summed E-state index contributed by atoms with van der Waals surface area (Å²) in [7, 11) is 0. The molecule has 0 heterocycles. The zero-order valence-corrected chi connectivity index (χ0v) is 12.3. The first-order valence-electron chi connectivity index (χ1n) is 7.31. The summed E-state index contributed by atoms with van der Waals surface area (Å²) in [6.45, 7) is 2.06. The zero-order chi connectivity index (χ0) is 15.7. The molecule has 0 radical (unpaired) electrons. The van der Waals surface area contributed by atoms with Crippen molar-refractivity contribution < 1.29 is 14.3 Å². The van der Waals surface area contributed by atoms with Crippen LogP contribution >= 0.6 is 0 Å². The highest BCUT2D eigenvalue weighted by Gasteiger charge is 2.26. The van der Waals surface area contributed by atoms with Crippen molar-refractivity contribution in [3.05, 3.63) is 59.2 Å². The lowest BCUT2D eigenvalue weighted by Crippen LogP contribution is -2.34. The Hall–Kier alpha value is -2.46. The quantitative estimate of drug-likeness (QED) is 0.750. The summed E-state index contributed by atoms with van der Waals surface area (Å²) in [5.41, 5.74) is 10.0. The molecule has 0 saturated heterocycles. The van der Waals surface area contributed by atoms with Gasteiger partial charge in [0.2, 0.25) is 0 Å². The Bertz CT molecular complexity index is 752. The predicted molar refractivity (Wildman–Crippen MR) is 83.6 cm³/mol. The number of carbonyl (C=O) groups excluding carboxylic acids is 2. The van der Waals surface area contributed by atoms with Gasteiger partial charge in [-0.1, -0.05) is 36.4 Å². The van der Waals surface area contributed by atoms with Crippen molar-refractivity contribution in [2.75, 3.05) is 6.61 Å². The molecule has 2 aromatic rings. The Morgan fingerprint density at radius 2 is 1.77 bits per heavy atom. The van der Waals surface area contributed by atoms with E-state index in [0.29, 0.717) is 18.6 Å². The van der Waals surface area contributed by atoms with Gasteiger partial charge in [-0.3, -0.25) is 9.59 Å². The second-order valence-electron chi connectivity index (χ2n) is 5.32. The number of hydrogen-bond acceptors (Lipinski definition) is 4. The van der Waals surface area contributed by atoms with Crippen molar-refractivity contribution in [2.45, 2.75) is 19.4 Å². The first-order chi connectivity index (χ1) is 10.6. The van der Waals surface area contributed by atoms with Gasteiger partial charge in [-0.05, 0) is 36.1 Å². The molecule has 0 aliphatic heterocycles. The average molecular weight is 295 g/mol. The molecule has 1 aliphatic rings. The molecule has 0 saturated carbocycles. The first kappa shape index (κ1) is 14.5. The smallest absolute Gasteiger partial charge is 0.323 e. The zero-order valence-electron chi connectivity index (χ0n) is 12.3. The van der Waals surface area contributed by atoms with Crippen LogP contribution in [-0.4, -0.2) is 24.4 Å². The minimum atomic E-state index is -0.711. The van der Waals surface area contributed by atoms with Gasteiger partial charge in [0.15, 0.2) is 5.78 Å². The number of fused-ring (bicyclic) bond motifs is 3. The highest BCUT2D eigenvalue weighted by molar-refractivity contribution is 6.21. The lowest BCUT2D eigenvalue weighted by Gasteiger charge is -2.11. The number of carbonyl (C=O) groups is 2.